The molecule has 1 atom stereocenters. The van der Waals surface area contributed by atoms with Crippen molar-refractivity contribution < 1.29 is 24.0 Å². The van der Waals surface area contributed by atoms with Crippen molar-refractivity contribution in [2.75, 3.05) is 12.4 Å². The summed E-state index contributed by atoms with van der Waals surface area (Å²) in [5, 5.41) is 13.4. The number of rotatable bonds is 8. The van der Waals surface area contributed by atoms with Crippen molar-refractivity contribution in [3.8, 4) is 5.75 Å². The number of carbonyl (C=O) groups excluding carboxylic acids is 2. The Morgan fingerprint density at radius 3 is 2.64 bits per heavy atom. The summed E-state index contributed by atoms with van der Waals surface area (Å²) in [6.07, 6.45) is 0.752. The number of methoxy groups -OCH3 is 1. The number of anilines is 1. The average molecular weight is 406 g/mol. The molecule has 8 nitrogen and oxygen atoms in total. The van der Waals surface area contributed by atoms with Gasteiger partial charge in [-0.25, -0.2) is 4.79 Å². The van der Waals surface area contributed by atoms with Crippen molar-refractivity contribution in [3.05, 3.63) is 49.7 Å². The molecule has 0 aliphatic rings. The predicted molar refractivity (Wildman–Crippen MR) is 106 cm³/mol. The van der Waals surface area contributed by atoms with Crippen LogP contribution in [0.4, 0.5) is 11.4 Å². The van der Waals surface area contributed by atoms with Crippen LogP contribution in [0.5, 0.6) is 5.75 Å². The maximum Gasteiger partial charge on any atom is 0.349 e. The second kappa shape index (κ2) is 9.32. The van der Waals surface area contributed by atoms with Gasteiger partial charge in [0, 0.05) is 17.0 Å². The molecule has 9 heteroatoms. The first-order valence-corrected chi connectivity index (χ1v) is 9.52. The highest BCUT2D eigenvalue weighted by Gasteiger charge is 2.23. The Morgan fingerprint density at radius 2 is 2.04 bits per heavy atom. The molecule has 0 fully saturated rings. The van der Waals surface area contributed by atoms with E-state index in [1.54, 1.807) is 6.07 Å². The number of benzene rings is 1. The smallest absolute Gasteiger partial charge is 0.349 e. The van der Waals surface area contributed by atoms with Crippen LogP contribution in [0.2, 0.25) is 0 Å². The van der Waals surface area contributed by atoms with Gasteiger partial charge in [-0.1, -0.05) is 13.3 Å². The summed E-state index contributed by atoms with van der Waals surface area (Å²) in [4.78, 5) is 36.6. The summed E-state index contributed by atoms with van der Waals surface area (Å²) in [7, 11) is 1.38. The fourth-order valence-electron chi connectivity index (χ4n) is 2.55. The van der Waals surface area contributed by atoms with Crippen LogP contribution < -0.4 is 10.1 Å². The maximum absolute atomic E-state index is 12.4. The minimum atomic E-state index is -1.09. The van der Waals surface area contributed by atoms with Gasteiger partial charge < -0.3 is 14.8 Å². The number of aryl methyl sites for hydroxylation is 2. The van der Waals surface area contributed by atoms with Crippen LogP contribution in [-0.4, -0.2) is 30.0 Å². The molecule has 0 aliphatic carbocycles. The highest BCUT2D eigenvalue weighted by molar-refractivity contribution is 7.14. The lowest BCUT2D eigenvalue weighted by Crippen LogP contribution is -2.30. The molecule has 0 unspecified atom stereocenters. The Hall–Kier alpha value is -2.94. The molecule has 2 aromatic rings. The number of amides is 1. The minimum absolute atomic E-state index is 0.127. The van der Waals surface area contributed by atoms with Gasteiger partial charge in [-0.2, -0.15) is 0 Å². The van der Waals surface area contributed by atoms with E-state index in [0.717, 1.165) is 23.3 Å². The molecule has 0 bridgehead atoms. The first-order valence-electron chi connectivity index (χ1n) is 8.70. The Morgan fingerprint density at radius 1 is 1.32 bits per heavy atom. The van der Waals surface area contributed by atoms with E-state index in [4.69, 9.17) is 9.47 Å². The van der Waals surface area contributed by atoms with Gasteiger partial charge in [-0.15, -0.1) is 11.3 Å². The van der Waals surface area contributed by atoms with Crippen molar-refractivity contribution in [1.82, 2.24) is 0 Å². The van der Waals surface area contributed by atoms with Crippen LogP contribution in [-0.2, 0) is 16.0 Å². The molecule has 1 aromatic heterocycles. The normalized spacial score (nSPS) is 11.6. The molecule has 2 rings (SSSR count). The monoisotopic (exact) mass is 406 g/mol. The summed E-state index contributed by atoms with van der Waals surface area (Å²) >= 11 is 1.33. The third-order valence-corrected chi connectivity index (χ3v) is 5.12. The minimum Gasteiger partial charge on any atom is -0.495 e. The highest BCUT2D eigenvalue weighted by Crippen LogP contribution is 2.29. The topological polar surface area (TPSA) is 108 Å². The van der Waals surface area contributed by atoms with Gasteiger partial charge in [0.2, 0.25) is 0 Å². The number of nitro benzene ring substituents is 1. The molecule has 0 spiro atoms. The molecule has 150 valence electrons. The van der Waals surface area contributed by atoms with E-state index in [1.807, 2.05) is 6.92 Å². The Kier molecular flexibility index (Phi) is 7.11. The maximum atomic E-state index is 12.4. The lowest BCUT2D eigenvalue weighted by Gasteiger charge is -2.14. The molecule has 0 saturated carbocycles. The van der Waals surface area contributed by atoms with Gasteiger partial charge in [0.15, 0.2) is 6.10 Å². The molecule has 1 N–H and O–H groups in total. The van der Waals surface area contributed by atoms with Gasteiger partial charge in [-0.05, 0) is 38.0 Å². The van der Waals surface area contributed by atoms with Crippen LogP contribution in [0.15, 0.2) is 24.3 Å². The Balaban J connectivity index is 2.08. The standard InChI is InChI=1S/C19H22N2O6S/c1-5-6-13-9-17(28-12(13)3)19(23)27-11(2)18(22)20-15-10-14(21(24)25)7-8-16(15)26-4/h7-11H,5-6H2,1-4H3,(H,20,22)/t11-/m0/s1. The molecule has 1 heterocycles. The summed E-state index contributed by atoms with van der Waals surface area (Å²) in [5.74, 6) is -0.936. The number of nitrogens with one attached hydrogen (secondary N) is 1. The number of nitrogens with zero attached hydrogens (tertiary/aromatic N) is 1. The van der Waals surface area contributed by atoms with Gasteiger partial charge in [-0.3, -0.25) is 14.9 Å². The number of esters is 1. The zero-order chi connectivity index (χ0) is 20.8. The van der Waals surface area contributed by atoms with Gasteiger partial charge in [0.1, 0.15) is 10.6 Å². The van der Waals surface area contributed by atoms with Crippen LogP contribution >= 0.6 is 11.3 Å². The van der Waals surface area contributed by atoms with Crippen molar-refractivity contribution in [1.29, 1.82) is 0 Å². The molecule has 1 amide bonds. The quantitative estimate of drug-likeness (QED) is 0.401. The average Bonchev–Trinajstić information content (AvgIpc) is 3.02. The number of hydrogen-bond donors (Lipinski definition) is 1. The molecule has 0 saturated heterocycles. The summed E-state index contributed by atoms with van der Waals surface area (Å²) in [5.41, 5.74) is 1.03. The fraction of sp³-hybridized carbons (Fsp3) is 0.368. The van der Waals surface area contributed by atoms with Crippen LogP contribution in [0.1, 0.15) is 40.4 Å². The number of carbonyl (C=O) groups is 2. The van der Waals surface area contributed by atoms with E-state index in [-0.39, 0.29) is 17.1 Å². The third kappa shape index (κ3) is 5.07. The van der Waals surface area contributed by atoms with Gasteiger partial charge >= 0.3 is 5.97 Å². The van der Waals surface area contributed by atoms with Crippen molar-refractivity contribution in [2.24, 2.45) is 0 Å². The van der Waals surface area contributed by atoms with Gasteiger partial charge in [0.25, 0.3) is 11.6 Å². The van der Waals surface area contributed by atoms with Gasteiger partial charge in [0.05, 0.1) is 17.7 Å². The fourth-order valence-corrected chi connectivity index (χ4v) is 3.51. The molecular weight excluding hydrogens is 384 g/mol. The van der Waals surface area contributed by atoms with Crippen LogP contribution in [0.3, 0.4) is 0 Å². The van der Waals surface area contributed by atoms with Crippen LogP contribution in [0, 0.1) is 17.0 Å². The largest absolute Gasteiger partial charge is 0.495 e. The van der Waals surface area contributed by atoms with E-state index < -0.39 is 22.9 Å². The van der Waals surface area contributed by atoms with E-state index >= 15 is 0 Å². The SMILES string of the molecule is CCCc1cc(C(=O)O[C@@H](C)C(=O)Nc2cc([N+](=O)[O-])ccc2OC)sc1C. The second-order valence-corrected chi connectivity index (χ2v) is 7.38. The molecule has 0 radical (unpaired) electrons. The van der Waals surface area contributed by atoms with E-state index in [0.29, 0.717) is 4.88 Å². The number of hydrogen-bond acceptors (Lipinski definition) is 7. The first-order chi connectivity index (χ1) is 13.3. The number of nitro groups is 1. The predicted octanol–water partition coefficient (Wildman–Crippen LogP) is 4.11. The van der Waals surface area contributed by atoms with Crippen molar-refractivity contribution in [2.45, 2.75) is 39.7 Å². The summed E-state index contributed by atoms with van der Waals surface area (Å²) < 4.78 is 10.4. The molecular formula is C19H22N2O6S. The highest BCUT2D eigenvalue weighted by atomic mass is 32.1. The first kappa shape index (κ1) is 21.4. The second-order valence-electron chi connectivity index (χ2n) is 6.12. The van der Waals surface area contributed by atoms with E-state index in [1.165, 1.54) is 43.6 Å². The molecule has 1 aromatic carbocycles. The number of non-ortho nitro benzene ring substituents is 1. The molecule has 0 aliphatic heterocycles. The molecule has 28 heavy (non-hydrogen) atoms. The van der Waals surface area contributed by atoms with Crippen molar-refractivity contribution in [3.63, 3.8) is 0 Å². The van der Waals surface area contributed by atoms with Crippen molar-refractivity contribution >= 4 is 34.6 Å². The Labute approximate surface area is 166 Å². The van der Waals surface area contributed by atoms with Crippen LogP contribution in [0.25, 0.3) is 0 Å². The zero-order valence-corrected chi connectivity index (χ0v) is 16.9. The van der Waals surface area contributed by atoms with E-state index in [2.05, 4.69) is 12.2 Å². The summed E-state index contributed by atoms with van der Waals surface area (Å²) in [6.45, 7) is 5.44. The lowest BCUT2D eigenvalue weighted by atomic mass is 10.1. The zero-order valence-electron chi connectivity index (χ0n) is 16.1. The third-order valence-electron chi connectivity index (χ3n) is 4.05. The number of thiophene rings is 1. The van der Waals surface area contributed by atoms with E-state index in [9.17, 15) is 19.7 Å². The lowest BCUT2D eigenvalue weighted by molar-refractivity contribution is -0.384. The Bertz CT molecular complexity index is 893. The summed E-state index contributed by atoms with van der Waals surface area (Å²) in [6, 6.07) is 5.63. The number of ether oxygens (including phenoxy) is 2.